The fourth-order valence-electron chi connectivity index (χ4n) is 1.82. The molecule has 0 saturated heterocycles. The maximum atomic E-state index is 11.9. The molecule has 0 radical (unpaired) electrons. The van der Waals surface area contributed by atoms with Gasteiger partial charge in [0.15, 0.2) is 5.78 Å². The van der Waals surface area contributed by atoms with Gasteiger partial charge in [-0.3, -0.25) is 4.79 Å². The molecular weight excluding hydrogens is 314 g/mol. The maximum Gasteiger partial charge on any atom is 0.187 e. The van der Waals surface area contributed by atoms with Gasteiger partial charge in [-0.25, -0.2) is 0 Å². The number of benzene rings is 2. The van der Waals surface area contributed by atoms with Crippen molar-refractivity contribution >= 4 is 21.7 Å². The van der Waals surface area contributed by atoms with Crippen LogP contribution in [0.1, 0.15) is 28.9 Å². The lowest BCUT2D eigenvalue weighted by Gasteiger charge is -2.11. The van der Waals surface area contributed by atoms with Gasteiger partial charge in [0.1, 0.15) is 0 Å². The van der Waals surface area contributed by atoms with Crippen molar-refractivity contribution in [2.45, 2.75) is 13.0 Å². The predicted molar refractivity (Wildman–Crippen MR) is 85.6 cm³/mol. The van der Waals surface area contributed by atoms with Crippen LogP contribution < -0.4 is 5.32 Å². The van der Waals surface area contributed by atoms with Crippen LogP contribution in [0.25, 0.3) is 0 Å². The van der Waals surface area contributed by atoms with Crippen molar-refractivity contribution in [1.29, 1.82) is 0 Å². The average Bonchev–Trinajstić information content (AvgIpc) is 2.48. The van der Waals surface area contributed by atoms with Gasteiger partial charge >= 0.3 is 0 Å². The number of rotatable bonds is 5. The zero-order chi connectivity index (χ0) is 14.4. The second kappa shape index (κ2) is 7.06. The van der Waals surface area contributed by atoms with E-state index in [0.29, 0.717) is 5.56 Å². The third-order valence-corrected chi connectivity index (χ3v) is 3.54. The van der Waals surface area contributed by atoms with Crippen molar-refractivity contribution in [2.75, 3.05) is 0 Å². The number of hydrogen-bond donors (Lipinski definition) is 1. The summed E-state index contributed by atoms with van der Waals surface area (Å²) in [5, 5.41) is 3.20. The molecule has 0 aliphatic heterocycles. The standard InChI is InChI=1S/C17H16BrNO/c1-13(14-5-3-2-4-6-14)19-12-11-17(20)15-7-9-16(18)10-8-15/h2-13,19H,1H3. The Morgan fingerprint density at radius 2 is 1.75 bits per heavy atom. The first-order chi connectivity index (χ1) is 9.66. The maximum absolute atomic E-state index is 11.9. The quantitative estimate of drug-likeness (QED) is 0.646. The highest BCUT2D eigenvalue weighted by Crippen LogP contribution is 2.12. The molecule has 3 heteroatoms. The minimum absolute atomic E-state index is 0.00902. The zero-order valence-corrected chi connectivity index (χ0v) is 12.8. The van der Waals surface area contributed by atoms with E-state index in [1.54, 1.807) is 24.4 Å². The summed E-state index contributed by atoms with van der Waals surface area (Å²) in [5.74, 6) is -0.00902. The van der Waals surface area contributed by atoms with Crippen molar-refractivity contribution in [1.82, 2.24) is 5.32 Å². The fraction of sp³-hybridized carbons (Fsp3) is 0.118. The Hall–Kier alpha value is -1.87. The van der Waals surface area contributed by atoms with Crippen molar-refractivity contribution in [2.24, 2.45) is 0 Å². The molecule has 0 fully saturated rings. The van der Waals surface area contributed by atoms with E-state index in [-0.39, 0.29) is 11.8 Å². The molecule has 2 aromatic rings. The van der Waals surface area contributed by atoms with Gasteiger partial charge in [0, 0.05) is 28.4 Å². The molecule has 0 aliphatic carbocycles. The lowest BCUT2D eigenvalue weighted by atomic mass is 10.1. The highest BCUT2D eigenvalue weighted by atomic mass is 79.9. The molecule has 2 nitrogen and oxygen atoms in total. The Kier molecular flexibility index (Phi) is 5.13. The molecule has 0 heterocycles. The van der Waals surface area contributed by atoms with Crippen LogP contribution in [-0.4, -0.2) is 5.78 Å². The highest BCUT2D eigenvalue weighted by Gasteiger charge is 2.03. The van der Waals surface area contributed by atoms with Gasteiger partial charge in [-0.05, 0) is 36.8 Å². The second-order valence-electron chi connectivity index (χ2n) is 4.50. The van der Waals surface area contributed by atoms with E-state index in [4.69, 9.17) is 0 Å². The second-order valence-corrected chi connectivity index (χ2v) is 5.42. The third kappa shape index (κ3) is 4.07. The molecule has 0 aromatic heterocycles. The Morgan fingerprint density at radius 3 is 2.40 bits per heavy atom. The van der Waals surface area contributed by atoms with Gasteiger partial charge in [0.05, 0.1) is 0 Å². The minimum Gasteiger partial charge on any atom is -0.384 e. The van der Waals surface area contributed by atoms with Gasteiger partial charge in [0.2, 0.25) is 0 Å². The van der Waals surface area contributed by atoms with Crippen LogP contribution in [0.4, 0.5) is 0 Å². The van der Waals surface area contributed by atoms with Crippen molar-refractivity contribution in [3.8, 4) is 0 Å². The number of allylic oxidation sites excluding steroid dienone is 1. The van der Waals surface area contributed by atoms with Crippen molar-refractivity contribution in [3.63, 3.8) is 0 Å². The normalized spacial score (nSPS) is 12.3. The number of halogens is 1. The van der Waals surface area contributed by atoms with E-state index in [0.717, 1.165) is 4.47 Å². The Morgan fingerprint density at radius 1 is 1.10 bits per heavy atom. The first kappa shape index (κ1) is 14.5. The number of hydrogen-bond acceptors (Lipinski definition) is 2. The molecule has 20 heavy (non-hydrogen) atoms. The molecule has 0 bridgehead atoms. The summed E-state index contributed by atoms with van der Waals surface area (Å²) < 4.78 is 0.967. The molecule has 0 amide bonds. The van der Waals surface area contributed by atoms with Crippen molar-refractivity contribution in [3.05, 3.63) is 82.5 Å². The van der Waals surface area contributed by atoms with E-state index in [2.05, 4.69) is 40.3 Å². The summed E-state index contributed by atoms with van der Waals surface area (Å²) in [6.45, 7) is 2.06. The zero-order valence-electron chi connectivity index (χ0n) is 11.2. The monoisotopic (exact) mass is 329 g/mol. The predicted octanol–water partition coefficient (Wildman–Crippen LogP) is 4.50. The van der Waals surface area contributed by atoms with Gasteiger partial charge < -0.3 is 5.32 Å². The number of carbonyl (C=O) groups excluding carboxylic acids is 1. The van der Waals surface area contributed by atoms with Gasteiger partial charge in [-0.1, -0.05) is 46.3 Å². The Bertz CT molecular complexity index is 590. The third-order valence-electron chi connectivity index (χ3n) is 3.01. The van der Waals surface area contributed by atoms with E-state index >= 15 is 0 Å². The largest absolute Gasteiger partial charge is 0.384 e. The fourth-order valence-corrected chi connectivity index (χ4v) is 2.08. The Labute approximate surface area is 127 Å². The molecule has 0 spiro atoms. The van der Waals surface area contributed by atoms with Crippen LogP contribution in [0, 0.1) is 0 Å². The molecule has 1 unspecified atom stereocenters. The molecule has 0 saturated carbocycles. The van der Waals surface area contributed by atoms with Crippen LogP contribution in [0.2, 0.25) is 0 Å². The molecule has 2 rings (SSSR count). The summed E-state index contributed by atoms with van der Waals surface area (Å²) in [6, 6.07) is 17.6. The summed E-state index contributed by atoms with van der Waals surface area (Å²) in [6.07, 6.45) is 3.27. The van der Waals surface area contributed by atoms with Crippen LogP contribution >= 0.6 is 15.9 Å². The summed E-state index contributed by atoms with van der Waals surface area (Å²) >= 11 is 3.35. The molecule has 2 aromatic carbocycles. The van der Waals surface area contributed by atoms with Gasteiger partial charge in [0.25, 0.3) is 0 Å². The lowest BCUT2D eigenvalue weighted by Crippen LogP contribution is -2.12. The summed E-state index contributed by atoms with van der Waals surface area (Å²) in [5.41, 5.74) is 1.87. The van der Waals surface area contributed by atoms with E-state index in [9.17, 15) is 4.79 Å². The summed E-state index contributed by atoms with van der Waals surface area (Å²) in [7, 11) is 0. The SMILES string of the molecule is CC(NC=CC(=O)c1ccc(Br)cc1)c1ccccc1. The first-order valence-electron chi connectivity index (χ1n) is 6.44. The summed E-state index contributed by atoms with van der Waals surface area (Å²) in [4.78, 5) is 11.9. The van der Waals surface area contributed by atoms with E-state index in [1.807, 2.05) is 30.3 Å². The van der Waals surface area contributed by atoms with E-state index in [1.165, 1.54) is 5.56 Å². The highest BCUT2D eigenvalue weighted by molar-refractivity contribution is 9.10. The van der Waals surface area contributed by atoms with E-state index < -0.39 is 0 Å². The van der Waals surface area contributed by atoms with Crippen molar-refractivity contribution < 1.29 is 4.79 Å². The molecule has 0 aliphatic rings. The van der Waals surface area contributed by atoms with Crippen LogP contribution in [0.5, 0.6) is 0 Å². The van der Waals surface area contributed by atoms with Crippen LogP contribution in [0.15, 0.2) is 71.3 Å². The Balaban J connectivity index is 1.93. The number of carbonyl (C=O) groups is 1. The average molecular weight is 330 g/mol. The topological polar surface area (TPSA) is 29.1 Å². The van der Waals surface area contributed by atoms with Crippen LogP contribution in [-0.2, 0) is 0 Å². The molecule has 102 valence electrons. The number of ketones is 1. The van der Waals surface area contributed by atoms with Gasteiger partial charge in [-0.15, -0.1) is 0 Å². The smallest absolute Gasteiger partial charge is 0.187 e. The first-order valence-corrected chi connectivity index (χ1v) is 7.23. The number of nitrogens with one attached hydrogen (secondary N) is 1. The van der Waals surface area contributed by atoms with Crippen LogP contribution in [0.3, 0.4) is 0 Å². The lowest BCUT2D eigenvalue weighted by molar-refractivity contribution is 0.104. The molecule has 1 atom stereocenters. The minimum atomic E-state index is -0.00902. The molecular formula is C17H16BrNO. The van der Waals surface area contributed by atoms with Gasteiger partial charge in [-0.2, -0.15) is 0 Å². The molecule has 1 N–H and O–H groups in total.